The van der Waals surface area contributed by atoms with Gasteiger partial charge < -0.3 is 4.74 Å². The lowest BCUT2D eigenvalue weighted by atomic mass is 10.2. The monoisotopic (exact) mass is 419 g/mol. The summed E-state index contributed by atoms with van der Waals surface area (Å²) in [6.45, 7) is 4.35. The second-order valence-electron chi connectivity index (χ2n) is 6.08. The number of hydrogen-bond donors (Lipinski definition) is 0. The van der Waals surface area contributed by atoms with Gasteiger partial charge in [-0.25, -0.2) is 13.4 Å². The van der Waals surface area contributed by atoms with Crippen LogP contribution >= 0.6 is 0 Å². The molecule has 156 valence electrons. The molecule has 1 heterocycles. The summed E-state index contributed by atoms with van der Waals surface area (Å²) in [5.74, 6) is -0.444. The number of nitrogens with zero attached hydrogens (tertiary/aromatic N) is 3. The standard InChI is InChI=1S/C20H25N3O5S/c1-4-22(5-2)29(26,27)17-11-9-16(10-12-17)20(25)23(15-13-19(24)28-3)18-8-6-7-14-21-18/h6-12,14H,4-5,13,15H2,1-3H3. The molecule has 0 aliphatic carbocycles. The smallest absolute Gasteiger partial charge is 0.307 e. The molecule has 1 aromatic carbocycles. The van der Waals surface area contributed by atoms with Crippen molar-refractivity contribution in [2.45, 2.75) is 25.2 Å². The van der Waals surface area contributed by atoms with Crippen LogP contribution in [0.25, 0.3) is 0 Å². The van der Waals surface area contributed by atoms with Gasteiger partial charge in [0.15, 0.2) is 0 Å². The van der Waals surface area contributed by atoms with Gasteiger partial charge in [-0.3, -0.25) is 14.5 Å². The van der Waals surface area contributed by atoms with E-state index >= 15 is 0 Å². The normalized spacial score (nSPS) is 11.3. The molecule has 0 aliphatic rings. The summed E-state index contributed by atoms with van der Waals surface area (Å²) in [5, 5.41) is 0. The number of benzene rings is 1. The zero-order valence-electron chi connectivity index (χ0n) is 16.7. The summed E-state index contributed by atoms with van der Waals surface area (Å²) in [6, 6.07) is 10.9. The van der Waals surface area contributed by atoms with E-state index in [4.69, 9.17) is 0 Å². The molecule has 0 saturated carbocycles. The van der Waals surface area contributed by atoms with Crippen molar-refractivity contribution in [1.29, 1.82) is 0 Å². The number of pyridine rings is 1. The van der Waals surface area contributed by atoms with E-state index in [-0.39, 0.29) is 23.8 Å². The maximum absolute atomic E-state index is 13.0. The Morgan fingerprint density at radius 2 is 1.69 bits per heavy atom. The molecule has 0 fully saturated rings. The van der Waals surface area contributed by atoms with Crippen LogP contribution in [0.5, 0.6) is 0 Å². The van der Waals surface area contributed by atoms with Crippen molar-refractivity contribution in [2.24, 2.45) is 0 Å². The lowest BCUT2D eigenvalue weighted by Gasteiger charge is -2.22. The van der Waals surface area contributed by atoms with E-state index in [9.17, 15) is 18.0 Å². The number of aromatic nitrogens is 1. The Hall–Kier alpha value is -2.78. The Bertz CT molecular complexity index is 926. The first-order valence-electron chi connectivity index (χ1n) is 9.25. The highest BCUT2D eigenvalue weighted by atomic mass is 32.2. The van der Waals surface area contributed by atoms with Gasteiger partial charge in [0.05, 0.1) is 18.4 Å². The minimum atomic E-state index is -3.61. The van der Waals surface area contributed by atoms with Crippen molar-refractivity contribution in [1.82, 2.24) is 9.29 Å². The molecule has 0 spiro atoms. The maximum atomic E-state index is 13.0. The molecule has 0 radical (unpaired) electrons. The topological polar surface area (TPSA) is 96.9 Å². The molecular weight excluding hydrogens is 394 g/mol. The molecule has 0 aliphatic heterocycles. The molecule has 0 saturated heterocycles. The van der Waals surface area contributed by atoms with Gasteiger partial charge in [0.2, 0.25) is 10.0 Å². The summed E-state index contributed by atoms with van der Waals surface area (Å²) in [5.41, 5.74) is 0.291. The summed E-state index contributed by atoms with van der Waals surface area (Å²) >= 11 is 0. The van der Waals surface area contributed by atoms with Crippen LogP contribution in [-0.2, 0) is 19.6 Å². The fraction of sp³-hybridized carbons (Fsp3) is 0.350. The minimum Gasteiger partial charge on any atom is -0.469 e. The van der Waals surface area contributed by atoms with Crippen molar-refractivity contribution < 1.29 is 22.7 Å². The Kier molecular flexibility index (Phi) is 7.86. The van der Waals surface area contributed by atoms with Crippen LogP contribution in [0.1, 0.15) is 30.6 Å². The number of ether oxygens (including phenoxy) is 1. The summed E-state index contributed by atoms with van der Waals surface area (Å²) in [6.07, 6.45) is 1.56. The highest BCUT2D eigenvalue weighted by Crippen LogP contribution is 2.19. The first-order chi connectivity index (χ1) is 13.8. The predicted molar refractivity (Wildman–Crippen MR) is 109 cm³/mol. The van der Waals surface area contributed by atoms with Gasteiger partial charge in [0.25, 0.3) is 5.91 Å². The zero-order valence-corrected chi connectivity index (χ0v) is 17.6. The van der Waals surface area contributed by atoms with Crippen LogP contribution in [-0.4, -0.2) is 56.3 Å². The third-order valence-electron chi connectivity index (χ3n) is 4.38. The molecule has 2 aromatic rings. The van der Waals surface area contributed by atoms with Crippen LogP contribution < -0.4 is 4.90 Å². The van der Waals surface area contributed by atoms with Crippen molar-refractivity contribution in [2.75, 3.05) is 31.6 Å². The number of anilines is 1. The summed E-state index contributed by atoms with van der Waals surface area (Å²) in [4.78, 5) is 30.2. The average molecular weight is 420 g/mol. The number of esters is 1. The molecule has 29 heavy (non-hydrogen) atoms. The molecule has 9 heteroatoms. The lowest BCUT2D eigenvalue weighted by molar-refractivity contribution is -0.140. The summed E-state index contributed by atoms with van der Waals surface area (Å²) in [7, 11) is -2.32. The molecule has 0 atom stereocenters. The quantitative estimate of drug-likeness (QED) is 0.579. The van der Waals surface area contributed by atoms with Gasteiger partial charge >= 0.3 is 5.97 Å². The second-order valence-corrected chi connectivity index (χ2v) is 8.02. The highest BCUT2D eigenvalue weighted by Gasteiger charge is 2.24. The van der Waals surface area contributed by atoms with Gasteiger partial charge in [-0.1, -0.05) is 19.9 Å². The molecular formula is C20H25N3O5S. The van der Waals surface area contributed by atoms with E-state index < -0.39 is 16.0 Å². The molecule has 2 rings (SSSR count). The third-order valence-corrected chi connectivity index (χ3v) is 6.45. The van der Waals surface area contributed by atoms with E-state index in [1.54, 1.807) is 38.2 Å². The Morgan fingerprint density at radius 1 is 1.03 bits per heavy atom. The number of methoxy groups -OCH3 is 1. The Balaban J connectivity index is 2.30. The number of amides is 1. The van der Waals surface area contributed by atoms with Crippen molar-refractivity contribution >= 4 is 27.7 Å². The average Bonchev–Trinajstić information content (AvgIpc) is 2.75. The third kappa shape index (κ3) is 5.39. The SMILES string of the molecule is CCN(CC)S(=O)(=O)c1ccc(C(=O)N(CCC(=O)OC)c2ccccn2)cc1. The van der Waals surface area contributed by atoms with E-state index in [2.05, 4.69) is 9.72 Å². The Morgan fingerprint density at radius 3 is 2.21 bits per heavy atom. The van der Waals surface area contributed by atoms with Crippen molar-refractivity contribution in [3.8, 4) is 0 Å². The zero-order chi connectivity index (χ0) is 21.4. The predicted octanol–water partition coefficient (Wildman–Crippen LogP) is 2.32. The van der Waals surface area contributed by atoms with E-state index in [0.29, 0.717) is 24.5 Å². The van der Waals surface area contributed by atoms with Crippen LogP contribution in [0.2, 0.25) is 0 Å². The fourth-order valence-electron chi connectivity index (χ4n) is 2.78. The molecule has 8 nitrogen and oxygen atoms in total. The molecule has 1 aromatic heterocycles. The van der Waals surface area contributed by atoms with E-state index in [1.165, 1.54) is 40.6 Å². The number of carbonyl (C=O) groups excluding carboxylic acids is 2. The molecule has 0 unspecified atom stereocenters. The van der Waals surface area contributed by atoms with Crippen molar-refractivity contribution in [3.05, 3.63) is 54.2 Å². The Labute approximate surface area is 171 Å². The van der Waals surface area contributed by atoms with Gasteiger partial charge in [0, 0.05) is 31.4 Å². The first-order valence-corrected chi connectivity index (χ1v) is 10.7. The van der Waals surface area contributed by atoms with Crippen LogP contribution in [0.3, 0.4) is 0 Å². The van der Waals surface area contributed by atoms with Crippen LogP contribution in [0.15, 0.2) is 53.6 Å². The highest BCUT2D eigenvalue weighted by molar-refractivity contribution is 7.89. The van der Waals surface area contributed by atoms with Gasteiger partial charge in [0.1, 0.15) is 5.82 Å². The van der Waals surface area contributed by atoms with Gasteiger partial charge in [-0.2, -0.15) is 4.31 Å². The van der Waals surface area contributed by atoms with Crippen LogP contribution in [0.4, 0.5) is 5.82 Å². The molecule has 1 amide bonds. The molecule has 0 bridgehead atoms. The van der Waals surface area contributed by atoms with Crippen molar-refractivity contribution in [3.63, 3.8) is 0 Å². The van der Waals surface area contributed by atoms with E-state index in [0.717, 1.165) is 0 Å². The summed E-state index contributed by atoms with van der Waals surface area (Å²) < 4.78 is 31.2. The van der Waals surface area contributed by atoms with Crippen LogP contribution in [0, 0.1) is 0 Å². The first kappa shape index (κ1) is 22.5. The maximum Gasteiger partial charge on any atom is 0.307 e. The van der Waals surface area contributed by atoms with E-state index in [1.807, 2.05) is 0 Å². The number of carbonyl (C=O) groups is 2. The largest absolute Gasteiger partial charge is 0.469 e. The lowest BCUT2D eigenvalue weighted by Crippen LogP contribution is -2.34. The molecule has 0 N–H and O–H groups in total. The fourth-order valence-corrected chi connectivity index (χ4v) is 4.23. The number of sulfonamides is 1. The van der Waals surface area contributed by atoms with Gasteiger partial charge in [-0.05, 0) is 36.4 Å². The number of rotatable bonds is 9. The second kappa shape index (κ2) is 10.1. The number of hydrogen-bond acceptors (Lipinski definition) is 6. The van der Waals surface area contributed by atoms with Gasteiger partial charge in [-0.15, -0.1) is 0 Å². The minimum absolute atomic E-state index is 0.00718.